The van der Waals surface area contributed by atoms with Crippen LogP contribution in [0.15, 0.2) is 48.7 Å². The Morgan fingerprint density at radius 3 is 2.76 bits per heavy atom. The second-order valence-electron chi connectivity index (χ2n) is 12.1. The summed E-state index contributed by atoms with van der Waals surface area (Å²) < 4.78 is 10.1. The van der Waals surface area contributed by atoms with E-state index in [1.54, 1.807) is 13.3 Å². The molecular weight excluding hydrogens is 568 g/mol. The van der Waals surface area contributed by atoms with E-state index in [0.29, 0.717) is 53.4 Å². The number of fused-ring (bicyclic) bond motifs is 4. The van der Waals surface area contributed by atoms with Gasteiger partial charge in [-0.3, -0.25) is 14.6 Å². The molecule has 11 nitrogen and oxygen atoms in total. The highest BCUT2D eigenvalue weighted by Gasteiger charge is 2.26. The molecule has 4 aromatic heterocycles. The van der Waals surface area contributed by atoms with E-state index in [1.165, 1.54) is 0 Å². The number of hydrogen-bond acceptors (Lipinski definition) is 7. The minimum Gasteiger partial charge on any atom is -0.494 e. The molecule has 1 saturated heterocycles. The van der Waals surface area contributed by atoms with E-state index in [1.807, 2.05) is 52.9 Å². The number of carbonyl (C=O) groups is 2. The van der Waals surface area contributed by atoms with Gasteiger partial charge in [-0.1, -0.05) is 12.8 Å². The van der Waals surface area contributed by atoms with Gasteiger partial charge in [0.05, 0.1) is 24.0 Å². The first-order valence-electron chi connectivity index (χ1n) is 15.8. The fraction of sp³-hybridized carbons (Fsp3) is 0.382. The maximum absolute atomic E-state index is 13.5. The highest BCUT2D eigenvalue weighted by atomic mass is 16.5. The van der Waals surface area contributed by atoms with Crippen molar-refractivity contribution < 1.29 is 14.3 Å². The summed E-state index contributed by atoms with van der Waals surface area (Å²) in [7, 11) is 3.60. The van der Waals surface area contributed by atoms with Gasteiger partial charge in [0.1, 0.15) is 22.6 Å². The second kappa shape index (κ2) is 12.0. The lowest BCUT2D eigenvalue weighted by Gasteiger charge is -2.30. The molecule has 232 valence electrons. The lowest BCUT2D eigenvalue weighted by Crippen LogP contribution is -2.45. The smallest absolute Gasteiger partial charge is 0.270 e. The number of nitrogens with zero attached hydrogens (tertiary/aromatic N) is 6. The number of aryl methyl sites for hydroxylation is 2. The Hall–Kier alpha value is -4.77. The molecule has 2 amide bonds. The topological polar surface area (TPSA) is 133 Å². The molecule has 6 heterocycles. The Kier molecular flexibility index (Phi) is 7.70. The predicted octanol–water partition coefficient (Wildman–Crippen LogP) is 4.53. The molecule has 0 saturated carbocycles. The number of aromatic nitrogens is 5. The molecule has 5 aromatic rings. The third kappa shape index (κ3) is 5.31. The summed E-state index contributed by atoms with van der Waals surface area (Å²) in [6.07, 6.45) is 7.35. The number of nitrogens with two attached hydrogens (primary N) is 1. The maximum atomic E-state index is 13.5. The summed E-state index contributed by atoms with van der Waals surface area (Å²) in [5, 5.41) is 4.00. The summed E-state index contributed by atoms with van der Waals surface area (Å²) in [6.45, 7) is 2.62. The van der Waals surface area contributed by atoms with Crippen molar-refractivity contribution in [2.45, 2.75) is 51.1 Å². The van der Waals surface area contributed by atoms with Crippen molar-refractivity contribution in [3.63, 3.8) is 0 Å². The molecule has 0 radical (unpaired) electrons. The number of piperidine rings is 1. The van der Waals surface area contributed by atoms with E-state index in [9.17, 15) is 9.59 Å². The van der Waals surface area contributed by atoms with Crippen LogP contribution in [0.5, 0.6) is 5.75 Å². The van der Waals surface area contributed by atoms with Gasteiger partial charge in [-0.05, 0) is 68.1 Å². The summed E-state index contributed by atoms with van der Waals surface area (Å²) in [6, 6.07) is 13.5. The highest BCUT2D eigenvalue weighted by molar-refractivity contribution is 6.01. The lowest BCUT2D eigenvalue weighted by atomic mass is 10.0. The number of likely N-dealkylation sites (tertiary alicyclic amines) is 1. The number of pyridine rings is 2. The van der Waals surface area contributed by atoms with Crippen molar-refractivity contribution in [3.8, 4) is 28.5 Å². The van der Waals surface area contributed by atoms with Crippen molar-refractivity contribution in [2.24, 2.45) is 12.8 Å². The Balaban J connectivity index is 1.36. The zero-order valence-corrected chi connectivity index (χ0v) is 25.8. The first-order chi connectivity index (χ1) is 21.9. The molecule has 3 N–H and O–H groups in total. The SMILES string of the molecule is COc1cc(C(=O)N2CCC[C@@H](N)C2)cc2nc(-c3cc4ccc5nc4n3CCCCCCNC(=O)c3ncccc3-5)n(C)c12. The molecule has 2 aliphatic heterocycles. The van der Waals surface area contributed by atoms with Crippen LogP contribution in [-0.4, -0.2) is 73.6 Å². The van der Waals surface area contributed by atoms with Gasteiger partial charge in [0.15, 0.2) is 5.82 Å². The Labute approximate surface area is 261 Å². The molecule has 2 aliphatic rings. The van der Waals surface area contributed by atoms with Crippen molar-refractivity contribution in [1.29, 1.82) is 0 Å². The number of imidazole rings is 1. The van der Waals surface area contributed by atoms with Crippen LogP contribution >= 0.6 is 0 Å². The Morgan fingerprint density at radius 2 is 1.91 bits per heavy atom. The standard InChI is InChI=1S/C34H38N8O3/c1-40-30-26(17-22(19-28(30)45-2)34(44)41-15-8-9-23(35)20-41)39-32(40)27-18-21-11-12-25-24-10-7-14-36-29(24)33(43)37-13-5-3-4-6-16-42(27)31(21)38-25/h7,10-12,14,17-19,23H,3-6,8-9,13,15-16,20,35H2,1-2H3,(H,37,43)/t23-/m1/s1. The number of methoxy groups -OCH3 is 1. The number of hydrogen-bond donors (Lipinski definition) is 2. The number of benzene rings is 1. The number of nitrogens with one attached hydrogen (secondary N) is 1. The van der Waals surface area contributed by atoms with Crippen LogP contribution in [0.3, 0.4) is 0 Å². The molecule has 45 heavy (non-hydrogen) atoms. The van der Waals surface area contributed by atoms with E-state index >= 15 is 0 Å². The molecule has 11 heteroatoms. The van der Waals surface area contributed by atoms with E-state index in [4.69, 9.17) is 20.4 Å². The highest BCUT2D eigenvalue weighted by Crippen LogP contribution is 2.35. The summed E-state index contributed by atoms with van der Waals surface area (Å²) in [5.74, 6) is 1.11. The van der Waals surface area contributed by atoms with Gasteiger partial charge in [0, 0.05) is 62.0 Å². The van der Waals surface area contributed by atoms with Gasteiger partial charge in [-0.2, -0.15) is 0 Å². The third-order valence-corrected chi connectivity index (χ3v) is 9.01. The van der Waals surface area contributed by atoms with Crippen LogP contribution in [0, 0.1) is 0 Å². The van der Waals surface area contributed by atoms with Gasteiger partial charge in [-0.25, -0.2) is 9.97 Å². The average Bonchev–Trinajstić information content (AvgIpc) is 3.59. The largest absolute Gasteiger partial charge is 0.494 e. The number of carbonyl (C=O) groups excluding carboxylic acids is 2. The van der Waals surface area contributed by atoms with Gasteiger partial charge in [0.2, 0.25) is 0 Å². The first kappa shape index (κ1) is 29.0. The van der Waals surface area contributed by atoms with Crippen LogP contribution in [0.25, 0.3) is 44.8 Å². The van der Waals surface area contributed by atoms with Crippen LogP contribution in [0.2, 0.25) is 0 Å². The molecule has 1 atom stereocenters. The summed E-state index contributed by atoms with van der Waals surface area (Å²) in [5.41, 5.74) is 11.7. The first-order valence-corrected chi connectivity index (χ1v) is 15.8. The maximum Gasteiger partial charge on any atom is 0.270 e. The number of rotatable bonds is 3. The van der Waals surface area contributed by atoms with Gasteiger partial charge >= 0.3 is 0 Å². The Morgan fingerprint density at radius 1 is 1.04 bits per heavy atom. The fourth-order valence-electron chi connectivity index (χ4n) is 6.71. The third-order valence-electron chi connectivity index (χ3n) is 9.01. The Bertz CT molecular complexity index is 1930. The van der Waals surface area contributed by atoms with Crippen molar-refractivity contribution >= 4 is 33.9 Å². The molecule has 0 aliphatic carbocycles. The number of ether oxygens (including phenoxy) is 1. The lowest BCUT2D eigenvalue weighted by molar-refractivity contribution is 0.0708. The van der Waals surface area contributed by atoms with E-state index in [-0.39, 0.29) is 17.9 Å². The molecule has 1 aromatic carbocycles. The zero-order chi connectivity index (χ0) is 31.1. The van der Waals surface area contributed by atoms with Crippen molar-refractivity contribution in [1.82, 2.24) is 34.3 Å². The molecule has 0 spiro atoms. The second-order valence-corrected chi connectivity index (χ2v) is 12.1. The van der Waals surface area contributed by atoms with Crippen molar-refractivity contribution in [3.05, 3.63) is 59.9 Å². The minimum absolute atomic E-state index is 0.00412. The van der Waals surface area contributed by atoms with Crippen LogP contribution in [0.1, 0.15) is 59.4 Å². The zero-order valence-electron chi connectivity index (χ0n) is 25.8. The van der Waals surface area contributed by atoms with E-state index in [2.05, 4.69) is 20.9 Å². The quantitative estimate of drug-likeness (QED) is 0.308. The number of amides is 2. The van der Waals surface area contributed by atoms with Gasteiger partial charge in [-0.15, -0.1) is 0 Å². The van der Waals surface area contributed by atoms with Gasteiger partial charge < -0.3 is 29.8 Å². The van der Waals surface area contributed by atoms with Crippen LogP contribution < -0.4 is 15.8 Å². The van der Waals surface area contributed by atoms with Crippen LogP contribution in [-0.2, 0) is 13.6 Å². The monoisotopic (exact) mass is 606 g/mol. The summed E-state index contributed by atoms with van der Waals surface area (Å²) >= 11 is 0. The van der Waals surface area contributed by atoms with Gasteiger partial charge in [0.25, 0.3) is 11.8 Å². The molecular formula is C34H38N8O3. The van der Waals surface area contributed by atoms with E-state index in [0.717, 1.165) is 73.1 Å². The molecule has 2 bridgehead atoms. The normalized spacial score (nSPS) is 17.7. The minimum atomic E-state index is -0.185. The summed E-state index contributed by atoms with van der Waals surface area (Å²) in [4.78, 5) is 43.0. The van der Waals surface area contributed by atoms with Crippen molar-refractivity contribution in [2.75, 3.05) is 26.7 Å². The average molecular weight is 607 g/mol. The molecule has 0 unspecified atom stereocenters. The van der Waals surface area contributed by atoms with Crippen LogP contribution in [0.4, 0.5) is 0 Å². The van der Waals surface area contributed by atoms with E-state index < -0.39 is 0 Å². The fourth-order valence-corrected chi connectivity index (χ4v) is 6.71. The molecule has 1 fully saturated rings. The molecule has 7 rings (SSSR count). The predicted molar refractivity (Wildman–Crippen MR) is 173 cm³/mol.